The number of aliphatic hydroxyl groups is 1. The number of benzene rings is 1. The molecule has 1 amide bonds. The average Bonchev–Trinajstić information content (AvgIpc) is 2.16. The highest BCUT2D eigenvalue weighted by Crippen LogP contribution is 2.18. The Morgan fingerprint density at radius 3 is 2.50 bits per heavy atom. The molecule has 88 valence electrons. The molecule has 0 bridgehead atoms. The third-order valence-electron chi connectivity index (χ3n) is 2.28. The summed E-state index contributed by atoms with van der Waals surface area (Å²) in [4.78, 5) is 10.8. The van der Waals surface area contributed by atoms with Crippen LogP contribution < -0.4 is 5.32 Å². The van der Waals surface area contributed by atoms with Gasteiger partial charge in [0.05, 0.1) is 6.10 Å². The summed E-state index contributed by atoms with van der Waals surface area (Å²) in [6.07, 6.45) is -0.284. The Hall–Kier alpha value is -1.42. The van der Waals surface area contributed by atoms with E-state index in [1.54, 1.807) is 12.1 Å². The van der Waals surface area contributed by atoms with E-state index in [-0.39, 0.29) is 17.8 Å². The molecule has 0 spiro atoms. The van der Waals surface area contributed by atoms with E-state index in [1.807, 2.05) is 6.92 Å². The number of carbonyl (C=O) groups is 1. The van der Waals surface area contributed by atoms with Crippen molar-refractivity contribution in [1.82, 2.24) is 5.32 Å². The normalized spacial score (nSPS) is 14.2. The van der Waals surface area contributed by atoms with E-state index in [2.05, 4.69) is 5.32 Å². The van der Waals surface area contributed by atoms with Gasteiger partial charge in [-0.15, -0.1) is 0 Å². The Kier molecular flexibility index (Phi) is 4.43. The quantitative estimate of drug-likeness (QED) is 0.820. The van der Waals surface area contributed by atoms with E-state index >= 15 is 0 Å². The molecule has 0 aliphatic carbocycles. The highest BCUT2D eigenvalue weighted by atomic mass is 19.1. The number of hydrogen-bond acceptors (Lipinski definition) is 2. The molecule has 2 N–H and O–H groups in total. The number of halogens is 1. The Morgan fingerprint density at radius 2 is 2.00 bits per heavy atom. The Bertz CT molecular complexity index is 351. The highest BCUT2D eigenvalue weighted by Gasteiger charge is 2.12. The van der Waals surface area contributed by atoms with Gasteiger partial charge in [0.1, 0.15) is 5.82 Å². The molecule has 0 aliphatic heterocycles. The van der Waals surface area contributed by atoms with Crippen LogP contribution in [0.4, 0.5) is 4.39 Å². The lowest BCUT2D eigenvalue weighted by Gasteiger charge is -2.17. The zero-order chi connectivity index (χ0) is 12.1. The molecule has 0 fully saturated rings. The van der Waals surface area contributed by atoms with Crippen molar-refractivity contribution in [1.29, 1.82) is 0 Å². The first-order valence-corrected chi connectivity index (χ1v) is 5.19. The predicted octanol–water partition coefficient (Wildman–Crippen LogP) is 1.77. The summed E-state index contributed by atoms with van der Waals surface area (Å²) in [7, 11) is 0. The van der Waals surface area contributed by atoms with Crippen LogP contribution in [0, 0.1) is 5.82 Å². The average molecular weight is 225 g/mol. The molecular formula is C12H16FNO2. The van der Waals surface area contributed by atoms with E-state index in [0.717, 1.165) is 0 Å². The van der Waals surface area contributed by atoms with E-state index in [0.29, 0.717) is 12.0 Å². The fourth-order valence-electron chi connectivity index (χ4n) is 1.56. The van der Waals surface area contributed by atoms with Gasteiger partial charge in [-0.05, 0) is 31.0 Å². The lowest BCUT2D eigenvalue weighted by atomic mass is 10.0. The van der Waals surface area contributed by atoms with Crippen molar-refractivity contribution in [2.75, 3.05) is 0 Å². The second-order valence-corrected chi connectivity index (χ2v) is 3.90. The van der Waals surface area contributed by atoms with Gasteiger partial charge in [0.2, 0.25) is 5.91 Å². The molecule has 3 nitrogen and oxygen atoms in total. The summed E-state index contributed by atoms with van der Waals surface area (Å²) in [5.41, 5.74) is 0.651. The Balaban J connectivity index is 2.54. The summed E-state index contributed by atoms with van der Waals surface area (Å²) in [6.45, 7) is 3.24. The molecule has 0 radical (unpaired) electrons. The first-order chi connectivity index (χ1) is 7.49. The lowest BCUT2D eigenvalue weighted by molar-refractivity contribution is -0.119. The molecule has 0 saturated carbocycles. The van der Waals surface area contributed by atoms with E-state index in [4.69, 9.17) is 0 Å². The van der Waals surface area contributed by atoms with E-state index < -0.39 is 6.10 Å². The van der Waals surface area contributed by atoms with Crippen LogP contribution in [0.1, 0.15) is 31.9 Å². The number of amides is 1. The van der Waals surface area contributed by atoms with Gasteiger partial charge in [0.15, 0.2) is 0 Å². The monoisotopic (exact) mass is 225 g/mol. The molecule has 0 heterocycles. The second kappa shape index (κ2) is 5.61. The first-order valence-electron chi connectivity index (χ1n) is 5.19. The van der Waals surface area contributed by atoms with Crippen LogP contribution in [-0.4, -0.2) is 17.1 Å². The number of rotatable bonds is 4. The van der Waals surface area contributed by atoms with Crippen LogP contribution in [0.15, 0.2) is 24.3 Å². The van der Waals surface area contributed by atoms with Crippen molar-refractivity contribution in [3.8, 4) is 0 Å². The number of aliphatic hydroxyl groups excluding tert-OH is 1. The van der Waals surface area contributed by atoms with Gasteiger partial charge in [0, 0.05) is 13.0 Å². The predicted molar refractivity (Wildman–Crippen MR) is 59.3 cm³/mol. The first kappa shape index (κ1) is 12.6. The topological polar surface area (TPSA) is 49.3 Å². The minimum Gasteiger partial charge on any atom is -0.388 e. The third-order valence-corrected chi connectivity index (χ3v) is 2.28. The molecule has 4 heteroatoms. The van der Waals surface area contributed by atoms with Crippen LogP contribution >= 0.6 is 0 Å². The van der Waals surface area contributed by atoms with Crippen molar-refractivity contribution in [3.05, 3.63) is 35.6 Å². The van der Waals surface area contributed by atoms with Crippen molar-refractivity contribution in [3.63, 3.8) is 0 Å². The highest BCUT2D eigenvalue weighted by molar-refractivity contribution is 5.73. The fraction of sp³-hybridized carbons (Fsp3) is 0.417. The summed E-state index contributed by atoms with van der Waals surface area (Å²) in [6, 6.07) is 5.59. The largest absolute Gasteiger partial charge is 0.388 e. The lowest BCUT2D eigenvalue weighted by Crippen LogP contribution is -2.31. The SMILES string of the molecule is CC(=O)N[C@@H](C)C[C@@H](O)c1ccc(F)cc1. The van der Waals surface area contributed by atoms with Gasteiger partial charge < -0.3 is 10.4 Å². The van der Waals surface area contributed by atoms with Crippen molar-refractivity contribution in [2.24, 2.45) is 0 Å². The summed E-state index contributed by atoms with van der Waals surface area (Å²) in [5, 5.41) is 12.5. The van der Waals surface area contributed by atoms with Gasteiger partial charge >= 0.3 is 0 Å². The zero-order valence-electron chi connectivity index (χ0n) is 9.40. The molecule has 1 aromatic carbocycles. The van der Waals surface area contributed by atoms with Gasteiger partial charge in [-0.3, -0.25) is 4.79 Å². The maximum Gasteiger partial charge on any atom is 0.217 e. The van der Waals surface area contributed by atoms with Crippen molar-refractivity contribution in [2.45, 2.75) is 32.4 Å². The number of nitrogens with one attached hydrogen (secondary N) is 1. The minimum absolute atomic E-state index is 0.113. The maximum atomic E-state index is 12.6. The molecule has 0 aliphatic rings. The Morgan fingerprint density at radius 1 is 1.44 bits per heavy atom. The van der Waals surface area contributed by atoms with Crippen LogP contribution in [0.2, 0.25) is 0 Å². The number of carbonyl (C=O) groups excluding carboxylic acids is 1. The molecular weight excluding hydrogens is 209 g/mol. The summed E-state index contributed by atoms with van der Waals surface area (Å²) >= 11 is 0. The maximum absolute atomic E-state index is 12.6. The van der Waals surface area contributed by atoms with Crippen LogP contribution in [0.5, 0.6) is 0 Å². The van der Waals surface area contributed by atoms with E-state index in [9.17, 15) is 14.3 Å². The van der Waals surface area contributed by atoms with Crippen LogP contribution in [0.3, 0.4) is 0 Å². The van der Waals surface area contributed by atoms with Gasteiger partial charge in [-0.2, -0.15) is 0 Å². The molecule has 0 unspecified atom stereocenters. The molecule has 1 aromatic rings. The standard InChI is InChI=1S/C12H16FNO2/c1-8(14-9(2)15)7-12(16)10-3-5-11(13)6-4-10/h3-6,8,12,16H,7H2,1-2H3,(H,14,15)/t8-,12+/m0/s1. The smallest absolute Gasteiger partial charge is 0.217 e. The van der Waals surface area contributed by atoms with Gasteiger partial charge in [0.25, 0.3) is 0 Å². The fourth-order valence-corrected chi connectivity index (χ4v) is 1.56. The second-order valence-electron chi connectivity index (χ2n) is 3.90. The van der Waals surface area contributed by atoms with Crippen LogP contribution in [0.25, 0.3) is 0 Å². The van der Waals surface area contributed by atoms with Gasteiger partial charge in [-0.1, -0.05) is 12.1 Å². The zero-order valence-corrected chi connectivity index (χ0v) is 9.40. The number of hydrogen-bond donors (Lipinski definition) is 2. The van der Waals surface area contributed by atoms with Gasteiger partial charge in [-0.25, -0.2) is 4.39 Å². The molecule has 0 aromatic heterocycles. The molecule has 1 rings (SSSR count). The van der Waals surface area contributed by atoms with Crippen molar-refractivity contribution >= 4 is 5.91 Å². The van der Waals surface area contributed by atoms with E-state index in [1.165, 1.54) is 19.1 Å². The molecule has 16 heavy (non-hydrogen) atoms. The van der Waals surface area contributed by atoms with Crippen LogP contribution in [-0.2, 0) is 4.79 Å². The molecule has 2 atom stereocenters. The third kappa shape index (κ3) is 3.98. The molecule has 0 saturated heterocycles. The minimum atomic E-state index is -0.692. The Labute approximate surface area is 94.3 Å². The summed E-state index contributed by atoms with van der Waals surface area (Å²) in [5.74, 6) is -0.454. The van der Waals surface area contributed by atoms with Crippen molar-refractivity contribution < 1.29 is 14.3 Å². The summed E-state index contributed by atoms with van der Waals surface area (Å²) < 4.78 is 12.6.